The van der Waals surface area contributed by atoms with Crippen molar-refractivity contribution < 1.29 is 17.9 Å². The van der Waals surface area contributed by atoms with E-state index in [-0.39, 0.29) is 25.4 Å². The lowest BCUT2D eigenvalue weighted by atomic mass is 10.2. The van der Waals surface area contributed by atoms with Gasteiger partial charge in [-0.1, -0.05) is 29.8 Å². The molecule has 1 N–H and O–H groups in total. The summed E-state index contributed by atoms with van der Waals surface area (Å²) in [5, 5.41) is 3.15. The van der Waals surface area contributed by atoms with E-state index in [1.165, 1.54) is 4.31 Å². The molecule has 1 aromatic rings. The van der Waals surface area contributed by atoms with E-state index < -0.39 is 10.0 Å². The normalized spacial score (nSPS) is 11.6. The second kappa shape index (κ2) is 9.09. The van der Waals surface area contributed by atoms with E-state index in [0.29, 0.717) is 23.7 Å². The Kier molecular flexibility index (Phi) is 7.81. The van der Waals surface area contributed by atoms with Crippen LogP contribution in [0.2, 0.25) is 5.02 Å². The first kappa shape index (κ1) is 18.9. The SMILES string of the molecule is COCCNC(=O)CCN(Cc1ccccc1Cl)S(C)(=O)=O. The number of halogens is 1. The molecular formula is C14H21ClN2O4S. The third kappa shape index (κ3) is 6.74. The molecule has 0 saturated heterocycles. The van der Waals surface area contributed by atoms with Gasteiger partial charge in [0.25, 0.3) is 0 Å². The standard InChI is InChI=1S/C14H21ClN2O4S/c1-21-10-8-16-14(18)7-9-17(22(2,19)20)11-12-5-3-4-6-13(12)15/h3-6H,7-11H2,1-2H3,(H,16,18). The van der Waals surface area contributed by atoms with Crippen LogP contribution in [0, 0.1) is 0 Å². The summed E-state index contributed by atoms with van der Waals surface area (Å²) in [6.45, 7) is 1.06. The Bertz CT molecular complexity index is 592. The molecule has 22 heavy (non-hydrogen) atoms. The van der Waals surface area contributed by atoms with Gasteiger partial charge in [-0.3, -0.25) is 4.79 Å². The zero-order valence-corrected chi connectivity index (χ0v) is 14.3. The van der Waals surface area contributed by atoms with E-state index in [2.05, 4.69) is 5.32 Å². The zero-order valence-electron chi connectivity index (χ0n) is 12.7. The van der Waals surface area contributed by atoms with Gasteiger partial charge in [-0.2, -0.15) is 4.31 Å². The van der Waals surface area contributed by atoms with Crippen LogP contribution in [0.4, 0.5) is 0 Å². The summed E-state index contributed by atoms with van der Waals surface area (Å²) >= 11 is 6.05. The second-order valence-corrected chi connectivity index (χ2v) is 7.17. The topological polar surface area (TPSA) is 75.7 Å². The van der Waals surface area contributed by atoms with E-state index >= 15 is 0 Å². The van der Waals surface area contributed by atoms with Crippen molar-refractivity contribution in [3.05, 3.63) is 34.9 Å². The minimum absolute atomic E-state index is 0.0846. The fraction of sp³-hybridized carbons (Fsp3) is 0.500. The van der Waals surface area contributed by atoms with Gasteiger partial charge in [0.1, 0.15) is 0 Å². The van der Waals surface area contributed by atoms with E-state index in [1.807, 2.05) is 0 Å². The quantitative estimate of drug-likeness (QED) is 0.681. The van der Waals surface area contributed by atoms with Crippen LogP contribution >= 0.6 is 11.6 Å². The fourth-order valence-electron chi connectivity index (χ4n) is 1.79. The summed E-state index contributed by atoms with van der Waals surface area (Å²) in [6.07, 6.45) is 1.20. The Balaban J connectivity index is 2.63. The van der Waals surface area contributed by atoms with E-state index in [1.54, 1.807) is 31.4 Å². The Morgan fingerprint density at radius 3 is 2.64 bits per heavy atom. The molecule has 1 amide bonds. The number of methoxy groups -OCH3 is 1. The number of nitrogens with zero attached hydrogens (tertiary/aromatic N) is 1. The third-order valence-corrected chi connectivity index (χ3v) is 4.61. The lowest BCUT2D eigenvalue weighted by Gasteiger charge is -2.20. The number of carbonyl (C=O) groups excluding carboxylic acids is 1. The summed E-state index contributed by atoms with van der Waals surface area (Å²) in [5.41, 5.74) is 0.703. The number of benzene rings is 1. The molecule has 124 valence electrons. The van der Waals surface area contributed by atoms with Gasteiger partial charge >= 0.3 is 0 Å². The summed E-state index contributed by atoms with van der Waals surface area (Å²) in [6, 6.07) is 7.03. The summed E-state index contributed by atoms with van der Waals surface area (Å²) in [7, 11) is -1.89. The lowest BCUT2D eigenvalue weighted by Crippen LogP contribution is -2.35. The highest BCUT2D eigenvalue weighted by Gasteiger charge is 2.19. The van der Waals surface area contributed by atoms with Crippen LogP contribution in [0.5, 0.6) is 0 Å². The van der Waals surface area contributed by atoms with E-state index in [4.69, 9.17) is 16.3 Å². The van der Waals surface area contributed by atoms with E-state index in [9.17, 15) is 13.2 Å². The smallest absolute Gasteiger partial charge is 0.221 e. The van der Waals surface area contributed by atoms with E-state index in [0.717, 1.165) is 6.26 Å². The van der Waals surface area contributed by atoms with Gasteiger partial charge in [0.15, 0.2) is 0 Å². The number of carbonyl (C=O) groups is 1. The molecule has 0 aliphatic rings. The van der Waals surface area contributed by atoms with Crippen LogP contribution in [-0.2, 0) is 26.1 Å². The Morgan fingerprint density at radius 2 is 2.05 bits per heavy atom. The molecule has 0 aromatic heterocycles. The van der Waals surface area contributed by atoms with Gasteiger partial charge in [-0.25, -0.2) is 8.42 Å². The van der Waals surface area contributed by atoms with Crippen LogP contribution < -0.4 is 5.32 Å². The highest BCUT2D eigenvalue weighted by atomic mass is 35.5. The number of hydrogen-bond acceptors (Lipinski definition) is 4. The van der Waals surface area contributed by atoms with Gasteiger partial charge in [0.05, 0.1) is 12.9 Å². The molecule has 0 aliphatic heterocycles. The van der Waals surface area contributed by atoms with Crippen LogP contribution in [0.15, 0.2) is 24.3 Å². The number of amides is 1. The molecule has 0 unspecified atom stereocenters. The molecule has 0 bridgehead atoms. The number of hydrogen-bond donors (Lipinski definition) is 1. The Labute approximate surface area is 136 Å². The Morgan fingerprint density at radius 1 is 1.36 bits per heavy atom. The van der Waals surface area contributed by atoms with Crippen molar-refractivity contribution in [2.45, 2.75) is 13.0 Å². The summed E-state index contributed by atoms with van der Waals surface area (Å²) in [4.78, 5) is 11.7. The first-order valence-electron chi connectivity index (χ1n) is 6.78. The molecule has 6 nitrogen and oxygen atoms in total. The number of nitrogens with one attached hydrogen (secondary N) is 1. The maximum absolute atomic E-state index is 11.9. The molecule has 8 heteroatoms. The number of ether oxygens (including phenoxy) is 1. The molecular weight excluding hydrogens is 328 g/mol. The third-order valence-electron chi connectivity index (χ3n) is 2.99. The highest BCUT2D eigenvalue weighted by molar-refractivity contribution is 7.88. The van der Waals surface area contributed by atoms with Crippen LogP contribution in [0.1, 0.15) is 12.0 Å². The molecule has 0 radical (unpaired) electrons. The second-order valence-electron chi connectivity index (χ2n) is 4.78. The van der Waals surface area contributed by atoms with Gasteiger partial charge in [0.2, 0.25) is 15.9 Å². The largest absolute Gasteiger partial charge is 0.383 e. The predicted octanol–water partition coefficient (Wildman–Crippen LogP) is 1.25. The van der Waals surface area contributed by atoms with Crippen molar-refractivity contribution in [3.8, 4) is 0 Å². The summed E-state index contributed by atoms with van der Waals surface area (Å²) < 4.78 is 29.8. The predicted molar refractivity (Wildman–Crippen MR) is 86.2 cm³/mol. The monoisotopic (exact) mass is 348 g/mol. The average Bonchev–Trinajstić information content (AvgIpc) is 2.44. The Hall–Kier alpha value is -1.15. The molecule has 0 saturated carbocycles. The molecule has 0 atom stereocenters. The van der Waals surface area contributed by atoms with Gasteiger partial charge in [0, 0.05) is 38.2 Å². The molecule has 1 rings (SSSR count). The first-order valence-corrected chi connectivity index (χ1v) is 9.01. The molecule has 0 heterocycles. The van der Waals surface area contributed by atoms with Crippen molar-refractivity contribution in [1.82, 2.24) is 9.62 Å². The van der Waals surface area contributed by atoms with Crippen molar-refractivity contribution in [2.24, 2.45) is 0 Å². The maximum Gasteiger partial charge on any atom is 0.221 e. The maximum atomic E-state index is 11.9. The van der Waals surface area contributed by atoms with Gasteiger partial charge < -0.3 is 10.1 Å². The minimum atomic E-state index is -3.43. The molecule has 1 aromatic carbocycles. The number of rotatable bonds is 9. The average molecular weight is 349 g/mol. The van der Waals surface area contributed by atoms with Crippen molar-refractivity contribution in [2.75, 3.05) is 33.1 Å². The van der Waals surface area contributed by atoms with Crippen LogP contribution in [-0.4, -0.2) is 51.7 Å². The van der Waals surface area contributed by atoms with Crippen molar-refractivity contribution in [3.63, 3.8) is 0 Å². The molecule has 0 spiro atoms. The summed E-state index contributed by atoms with van der Waals surface area (Å²) in [5.74, 6) is -0.218. The van der Waals surface area contributed by atoms with Crippen molar-refractivity contribution >= 4 is 27.5 Å². The fourth-order valence-corrected chi connectivity index (χ4v) is 2.78. The number of sulfonamides is 1. The zero-order chi connectivity index (χ0) is 16.6. The molecule has 0 fully saturated rings. The van der Waals surface area contributed by atoms with Gasteiger partial charge in [-0.15, -0.1) is 0 Å². The van der Waals surface area contributed by atoms with Crippen LogP contribution in [0.3, 0.4) is 0 Å². The van der Waals surface area contributed by atoms with Crippen LogP contribution in [0.25, 0.3) is 0 Å². The first-order chi connectivity index (χ1) is 10.3. The molecule has 0 aliphatic carbocycles. The highest BCUT2D eigenvalue weighted by Crippen LogP contribution is 2.18. The van der Waals surface area contributed by atoms with Gasteiger partial charge in [-0.05, 0) is 11.6 Å². The van der Waals surface area contributed by atoms with Crippen molar-refractivity contribution in [1.29, 1.82) is 0 Å². The lowest BCUT2D eigenvalue weighted by molar-refractivity contribution is -0.121. The minimum Gasteiger partial charge on any atom is -0.383 e.